The largest absolute Gasteiger partial charge is 0.392 e. The van der Waals surface area contributed by atoms with Crippen LogP contribution >= 0.6 is 0 Å². The number of carbonyl (C=O) groups excluding carboxylic acids is 1. The monoisotopic (exact) mass is 499 g/mol. The Morgan fingerprint density at radius 3 is 1.20 bits per heavy atom. The Morgan fingerprint density at radius 2 is 0.857 bits per heavy atom. The van der Waals surface area contributed by atoms with E-state index in [1.165, 1.54) is 96.3 Å². The predicted molar refractivity (Wildman–Crippen MR) is 148 cm³/mol. The Balaban J connectivity index is 3.90. The first-order chi connectivity index (χ1) is 17.0. The van der Waals surface area contributed by atoms with Crippen LogP contribution in [-0.2, 0) is 4.79 Å². The highest BCUT2D eigenvalue weighted by molar-refractivity contribution is 5.86. The number of hydrogen-bond donors (Lipinski definition) is 4. The molecule has 0 heterocycles. The summed E-state index contributed by atoms with van der Waals surface area (Å²) >= 11 is 0. The molecule has 210 valence electrons. The average Bonchev–Trinajstić information content (AvgIpc) is 2.83. The highest BCUT2D eigenvalue weighted by atomic mass is 16.3. The third kappa shape index (κ3) is 20.3. The topological polar surface area (TPSA) is 104 Å². The maximum Gasteiger partial charge on any atom is 0.170 e. The van der Waals surface area contributed by atoms with Crippen LogP contribution in [0.3, 0.4) is 0 Å². The van der Waals surface area contributed by atoms with E-state index in [2.05, 4.69) is 13.8 Å². The second-order valence-corrected chi connectivity index (χ2v) is 10.8. The molecule has 0 bridgehead atoms. The maximum absolute atomic E-state index is 12.6. The minimum absolute atomic E-state index is 0.377. The molecule has 0 amide bonds. The number of unbranched alkanes of at least 4 members (excludes halogenated alkanes) is 19. The van der Waals surface area contributed by atoms with Crippen molar-refractivity contribution in [2.75, 3.05) is 0 Å². The Morgan fingerprint density at radius 1 is 0.543 bits per heavy atom. The first-order valence-corrected chi connectivity index (χ1v) is 15.3. The van der Waals surface area contributed by atoms with Crippen LogP contribution in [0.25, 0.3) is 0 Å². The van der Waals surface area contributed by atoms with E-state index in [-0.39, 0.29) is 0 Å². The van der Waals surface area contributed by atoms with E-state index < -0.39 is 30.1 Å². The molecule has 0 saturated heterocycles. The maximum atomic E-state index is 12.6. The molecular weight excluding hydrogens is 438 g/mol. The molecule has 4 unspecified atom stereocenters. The number of rotatable bonds is 27. The number of ketones is 1. The van der Waals surface area contributed by atoms with Crippen molar-refractivity contribution in [2.45, 2.75) is 180 Å². The van der Waals surface area contributed by atoms with Gasteiger partial charge in [0, 0.05) is 0 Å². The van der Waals surface area contributed by atoms with Gasteiger partial charge >= 0.3 is 0 Å². The Hall–Kier alpha value is -0.490. The summed E-state index contributed by atoms with van der Waals surface area (Å²) in [6.45, 7) is 4.46. The molecule has 0 aliphatic carbocycles. The SMILES string of the molecule is CCCCCCCCCCCCCCCC(O)C(C(=O)C(O)CCCCCCCCCC)C(N)O. The van der Waals surface area contributed by atoms with Gasteiger partial charge in [0.05, 0.1) is 12.0 Å². The van der Waals surface area contributed by atoms with Crippen molar-refractivity contribution < 1.29 is 20.1 Å². The number of carbonyl (C=O) groups is 1. The summed E-state index contributed by atoms with van der Waals surface area (Å²) in [7, 11) is 0. The number of Topliss-reactive ketones (excluding diaryl/α,β-unsaturated/α-hetero) is 1. The van der Waals surface area contributed by atoms with E-state index in [0.29, 0.717) is 12.8 Å². The summed E-state index contributed by atoms with van der Waals surface area (Å²) in [5.74, 6) is -1.61. The average molecular weight is 500 g/mol. The van der Waals surface area contributed by atoms with Crippen molar-refractivity contribution in [1.82, 2.24) is 0 Å². The van der Waals surface area contributed by atoms with Crippen LogP contribution < -0.4 is 5.73 Å². The smallest absolute Gasteiger partial charge is 0.170 e. The minimum atomic E-state index is -1.44. The molecule has 0 aromatic carbocycles. The van der Waals surface area contributed by atoms with Gasteiger partial charge < -0.3 is 21.1 Å². The molecule has 0 saturated carbocycles. The van der Waals surface area contributed by atoms with Crippen LogP contribution in [0.1, 0.15) is 162 Å². The summed E-state index contributed by atoms with van der Waals surface area (Å²) in [4.78, 5) is 12.6. The van der Waals surface area contributed by atoms with Gasteiger partial charge in [-0.1, -0.05) is 149 Å². The lowest BCUT2D eigenvalue weighted by Gasteiger charge is -2.26. The summed E-state index contributed by atoms with van der Waals surface area (Å²) < 4.78 is 0. The van der Waals surface area contributed by atoms with E-state index >= 15 is 0 Å². The van der Waals surface area contributed by atoms with E-state index in [9.17, 15) is 20.1 Å². The Bertz CT molecular complexity index is 458. The first kappa shape index (κ1) is 34.5. The summed E-state index contributed by atoms with van der Waals surface area (Å²) in [6, 6.07) is 0. The van der Waals surface area contributed by atoms with E-state index in [1.54, 1.807) is 0 Å². The van der Waals surface area contributed by atoms with Crippen LogP contribution in [0.15, 0.2) is 0 Å². The van der Waals surface area contributed by atoms with Crippen LogP contribution in [0.2, 0.25) is 0 Å². The van der Waals surface area contributed by atoms with Crippen LogP contribution in [0.5, 0.6) is 0 Å². The molecule has 0 radical (unpaired) electrons. The van der Waals surface area contributed by atoms with Crippen LogP contribution in [0, 0.1) is 5.92 Å². The lowest BCUT2D eigenvalue weighted by molar-refractivity contribution is -0.140. The van der Waals surface area contributed by atoms with E-state index in [4.69, 9.17) is 5.73 Å². The number of nitrogens with two attached hydrogens (primary N) is 1. The molecule has 5 nitrogen and oxygen atoms in total. The second kappa shape index (κ2) is 25.2. The molecule has 0 aromatic heterocycles. The van der Waals surface area contributed by atoms with Crippen LogP contribution in [0.4, 0.5) is 0 Å². The summed E-state index contributed by atoms with van der Waals surface area (Å²) in [5, 5.41) is 30.7. The Labute approximate surface area is 217 Å². The first-order valence-electron chi connectivity index (χ1n) is 15.3. The number of aliphatic hydroxyl groups excluding tert-OH is 3. The lowest BCUT2D eigenvalue weighted by atomic mass is 9.87. The summed E-state index contributed by atoms with van der Waals surface area (Å²) in [5.41, 5.74) is 5.62. The molecular formula is C30H61NO4. The van der Waals surface area contributed by atoms with Gasteiger partial charge in [0.2, 0.25) is 0 Å². The highest BCUT2D eigenvalue weighted by Gasteiger charge is 2.34. The van der Waals surface area contributed by atoms with Crippen molar-refractivity contribution in [1.29, 1.82) is 0 Å². The molecule has 0 rings (SSSR count). The number of aliphatic hydroxyl groups is 3. The van der Waals surface area contributed by atoms with Gasteiger partial charge in [0.15, 0.2) is 5.78 Å². The third-order valence-corrected chi connectivity index (χ3v) is 7.37. The molecule has 5 heteroatoms. The van der Waals surface area contributed by atoms with Gasteiger partial charge in [-0.05, 0) is 12.8 Å². The lowest BCUT2D eigenvalue weighted by Crippen LogP contribution is -2.47. The van der Waals surface area contributed by atoms with Gasteiger partial charge in [-0.3, -0.25) is 4.79 Å². The summed E-state index contributed by atoms with van der Waals surface area (Å²) in [6.07, 6.45) is 22.6. The third-order valence-electron chi connectivity index (χ3n) is 7.37. The fraction of sp³-hybridized carbons (Fsp3) is 0.967. The molecule has 0 fully saturated rings. The van der Waals surface area contributed by atoms with Gasteiger partial charge in [0.1, 0.15) is 12.3 Å². The predicted octanol–water partition coefficient (Wildman–Crippen LogP) is 7.18. The van der Waals surface area contributed by atoms with Gasteiger partial charge in [-0.15, -0.1) is 0 Å². The fourth-order valence-corrected chi connectivity index (χ4v) is 4.97. The van der Waals surface area contributed by atoms with Crippen molar-refractivity contribution in [3.8, 4) is 0 Å². The zero-order valence-corrected chi connectivity index (χ0v) is 23.4. The van der Waals surface area contributed by atoms with Crippen molar-refractivity contribution in [2.24, 2.45) is 11.7 Å². The normalized spacial score (nSPS) is 15.1. The molecule has 0 aliphatic heterocycles. The quantitative estimate of drug-likeness (QED) is 0.0707. The van der Waals surface area contributed by atoms with E-state index in [0.717, 1.165) is 38.5 Å². The molecule has 4 atom stereocenters. The Kier molecular flexibility index (Phi) is 24.8. The van der Waals surface area contributed by atoms with Crippen molar-refractivity contribution in [3.05, 3.63) is 0 Å². The second-order valence-electron chi connectivity index (χ2n) is 10.8. The zero-order chi connectivity index (χ0) is 26.2. The zero-order valence-electron chi connectivity index (χ0n) is 23.4. The van der Waals surface area contributed by atoms with Crippen LogP contribution in [-0.4, -0.2) is 39.5 Å². The highest BCUT2D eigenvalue weighted by Crippen LogP contribution is 2.20. The molecule has 0 spiro atoms. The van der Waals surface area contributed by atoms with Crippen molar-refractivity contribution in [3.63, 3.8) is 0 Å². The van der Waals surface area contributed by atoms with Crippen molar-refractivity contribution >= 4 is 5.78 Å². The fourth-order valence-electron chi connectivity index (χ4n) is 4.97. The van der Waals surface area contributed by atoms with Gasteiger partial charge in [-0.2, -0.15) is 0 Å². The molecule has 0 aromatic rings. The molecule has 5 N–H and O–H groups in total. The van der Waals surface area contributed by atoms with E-state index in [1.807, 2.05) is 0 Å². The molecule has 0 aliphatic rings. The van der Waals surface area contributed by atoms with Gasteiger partial charge in [0.25, 0.3) is 0 Å². The standard InChI is InChI=1S/C30H61NO4/c1-3-5-7-9-11-13-14-15-16-17-19-20-22-24-26(32)28(30(31)35)29(34)27(33)25-23-21-18-12-10-8-6-4-2/h26-28,30,32-33,35H,3-25,31H2,1-2H3. The van der Waals surface area contributed by atoms with Gasteiger partial charge in [-0.25, -0.2) is 0 Å². The number of hydrogen-bond acceptors (Lipinski definition) is 5. The molecule has 35 heavy (non-hydrogen) atoms. The minimum Gasteiger partial charge on any atom is -0.392 e.